The van der Waals surface area contributed by atoms with E-state index in [9.17, 15) is 4.79 Å². The first kappa shape index (κ1) is 13.8. The van der Waals surface area contributed by atoms with E-state index in [4.69, 9.17) is 17.5 Å². The van der Waals surface area contributed by atoms with Crippen molar-refractivity contribution in [3.63, 3.8) is 0 Å². The van der Waals surface area contributed by atoms with Gasteiger partial charge in [0.1, 0.15) is 0 Å². The molecule has 3 aliphatic rings. The van der Waals surface area contributed by atoms with Crippen LogP contribution < -0.4 is 11.1 Å². The fourth-order valence-electron chi connectivity index (χ4n) is 2.77. The zero-order valence-corrected chi connectivity index (χ0v) is 12.5. The van der Waals surface area contributed by atoms with Crippen molar-refractivity contribution >= 4 is 29.4 Å². The first-order valence-electron chi connectivity index (χ1n) is 6.57. The van der Waals surface area contributed by atoms with E-state index in [0.717, 1.165) is 23.3 Å². The Morgan fingerprint density at radius 2 is 2.45 bits per heavy atom. The minimum Gasteiger partial charge on any atom is -0.351 e. The van der Waals surface area contributed by atoms with Crippen LogP contribution in [0.3, 0.4) is 0 Å². The van der Waals surface area contributed by atoms with Gasteiger partial charge in [-0.3, -0.25) is 9.21 Å². The van der Waals surface area contributed by atoms with Crippen LogP contribution >= 0.6 is 23.5 Å². The summed E-state index contributed by atoms with van der Waals surface area (Å²) in [4.78, 5) is 12.2. The number of nitrogens with zero attached hydrogens (tertiary/aromatic N) is 1. The molecule has 1 unspecified atom stereocenters. The van der Waals surface area contributed by atoms with Gasteiger partial charge in [0.05, 0.1) is 22.6 Å². The first-order chi connectivity index (χ1) is 9.69. The van der Waals surface area contributed by atoms with E-state index >= 15 is 0 Å². The van der Waals surface area contributed by atoms with E-state index in [-0.39, 0.29) is 10.7 Å². The highest BCUT2D eigenvalue weighted by atomic mass is 35.5. The minimum absolute atomic E-state index is 0.0528. The van der Waals surface area contributed by atoms with Crippen LogP contribution in [0.15, 0.2) is 46.6 Å². The SMILES string of the molecule is NCCNC(=O)C1=CSC23CC=CC=C2N(Cl)CC=C13. The Kier molecular flexibility index (Phi) is 3.67. The largest absolute Gasteiger partial charge is 0.351 e. The fraction of sp³-hybridized carbons (Fsp3) is 0.357. The van der Waals surface area contributed by atoms with Crippen molar-refractivity contribution in [1.82, 2.24) is 9.74 Å². The van der Waals surface area contributed by atoms with Gasteiger partial charge in [-0.05, 0) is 23.5 Å². The molecule has 106 valence electrons. The summed E-state index contributed by atoms with van der Waals surface area (Å²) in [6.07, 6.45) is 9.08. The molecule has 2 heterocycles. The van der Waals surface area contributed by atoms with Crippen LogP contribution in [-0.4, -0.2) is 34.7 Å². The van der Waals surface area contributed by atoms with Crippen molar-refractivity contribution in [1.29, 1.82) is 0 Å². The van der Waals surface area contributed by atoms with Crippen molar-refractivity contribution in [2.24, 2.45) is 5.73 Å². The molecule has 1 amide bonds. The van der Waals surface area contributed by atoms with Gasteiger partial charge in [-0.15, -0.1) is 11.8 Å². The van der Waals surface area contributed by atoms with Crippen LogP contribution in [-0.2, 0) is 4.79 Å². The molecule has 0 bridgehead atoms. The number of nitrogens with two attached hydrogens (primary N) is 1. The Hall–Kier alpha value is -1.17. The average molecular weight is 310 g/mol. The van der Waals surface area contributed by atoms with Crippen LogP contribution in [0.1, 0.15) is 6.42 Å². The maximum Gasteiger partial charge on any atom is 0.252 e. The van der Waals surface area contributed by atoms with Gasteiger partial charge in [-0.2, -0.15) is 0 Å². The van der Waals surface area contributed by atoms with Crippen LogP contribution in [0.5, 0.6) is 0 Å². The number of allylic oxidation sites excluding steroid dienone is 3. The zero-order valence-electron chi connectivity index (χ0n) is 10.9. The molecule has 0 radical (unpaired) electrons. The number of hydrogen-bond donors (Lipinski definition) is 2. The molecule has 1 spiro atoms. The summed E-state index contributed by atoms with van der Waals surface area (Å²) in [6.45, 7) is 1.55. The van der Waals surface area contributed by atoms with E-state index in [2.05, 4.69) is 17.5 Å². The number of rotatable bonds is 3. The summed E-state index contributed by atoms with van der Waals surface area (Å²) in [5.74, 6) is -0.0528. The Bertz CT molecular complexity index is 567. The number of carbonyl (C=O) groups is 1. The van der Waals surface area contributed by atoms with E-state index in [0.29, 0.717) is 19.6 Å². The Balaban J connectivity index is 1.92. The highest BCUT2D eigenvalue weighted by Crippen LogP contribution is 2.55. The molecular formula is C14H16ClN3OS. The lowest BCUT2D eigenvalue weighted by Crippen LogP contribution is -2.41. The number of halogens is 1. The minimum atomic E-state index is -0.232. The van der Waals surface area contributed by atoms with Crippen molar-refractivity contribution in [2.75, 3.05) is 19.6 Å². The Morgan fingerprint density at radius 1 is 1.60 bits per heavy atom. The molecule has 0 saturated carbocycles. The molecule has 0 aromatic carbocycles. The quantitative estimate of drug-likeness (QED) is 0.779. The van der Waals surface area contributed by atoms with E-state index < -0.39 is 0 Å². The first-order valence-corrected chi connectivity index (χ1v) is 7.79. The van der Waals surface area contributed by atoms with E-state index in [1.807, 2.05) is 17.6 Å². The molecule has 4 nitrogen and oxygen atoms in total. The second-order valence-corrected chi connectivity index (χ2v) is 6.44. The lowest BCUT2D eigenvalue weighted by atomic mass is 9.82. The number of thioether (sulfide) groups is 1. The van der Waals surface area contributed by atoms with Gasteiger partial charge in [-0.1, -0.05) is 18.2 Å². The topological polar surface area (TPSA) is 58.4 Å². The second-order valence-electron chi connectivity index (χ2n) is 4.87. The summed E-state index contributed by atoms with van der Waals surface area (Å²) >= 11 is 7.96. The van der Waals surface area contributed by atoms with Gasteiger partial charge >= 0.3 is 0 Å². The van der Waals surface area contributed by atoms with Gasteiger partial charge < -0.3 is 11.1 Å². The Labute approximate surface area is 127 Å². The highest BCUT2D eigenvalue weighted by Gasteiger charge is 2.48. The van der Waals surface area contributed by atoms with Gasteiger partial charge in [0.2, 0.25) is 0 Å². The molecule has 3 N–H and O–H groups in total. The molecule has 0 fully saturated rings. The second kappa shape index (κ2) is 5.31. The normalized spacial score (nSPS) is 27.3. The van der Waals surface area contributed by atoms with Crippen molar-refractivity contribution in [3.05, 3.63) is 46.6 Å². The van der Waals surface area contributed by atoms with Gasteiger partial charge in [0, 0.05) is 24.9 Å². The molecule has 3 rings (SSSR count). The molecule has 1 aliphatic carbocycles. The van der Waals surface area contributed by atoms with Crippen molar-refractivity contribution in [2.45, 2.75) is 11.2 Å². The summed E-state index contributed by atoms with van der Waals surface area (Å²) in [6, 6.07) is 0. The number of nitrogens with one attached hydrogen (secondary N) is 1. The summed E-state index contributed by atoms with van der Waals surface area (Å²) in [5, 5.41) is 4.79. The molecule has 2 aliphatic heterocycles. The highest BCUT2D eigenvalue weighted by molar-refractivity contribution is 8.04. The van der Waals surface area contributed by atoms with Gasteiger partial charge in [-0.25, -0.2) is 0 Å². The maximum atomic E-state index is 12.2. The number of carbonyl (C=O) groups excluding carboxylic acids is 1. The number of hydrogen-bond acceptors (Lipinski definition) is 4. The number of amides is 1. The predicted octanol–water partition coefficient (Wildman–Crippen LogP) is 1.67. The third kappa shape index (κ3) is 2.01. The fourth-order valence-corrected chi connectivity index (χ4v) is 4.46. The zero-order chi connectivity index (χ0) is 14.2. The van der Waals surface area contributed by atoms with Crippen LogP contribution in [0, 0.1) is 0 Å². The van der Waals surface area contributed by atoms with Gasteiger partial charge in [0.15, 0.2) is 0 Å². The van der Waals surface area contributed by atoms with Gasteiger partial charge in [0.25, 0.3) is 5.91 Å². The lowest BCUT2D eigenvalue weighted by Gasteiger charge is -2.41. The smallest absolute Gasteiger partial charge is 0.252 e. The third-order valence-corrected chi connectivity index (χ3v) is 5.38. The summed E-state index contributed by atoms with van der Waals surface area (Å²) < 4.78 is 1.50. The molecule has 1 atom stereocenters. The third-order valence-electron chi connectivity index (χ3n) is 3.70. The average Bonchev–Trinajstić information content (AvgIpc) is 2.83. The summed E-state index contributed by atoms with van der Waals surface area (Å²) in [5.41, 5.74) is 8.31. The van der Waals surface area contributed by atoms with Crippen molar-refractivity contribution in [3.8, 4) is 0 Å². The lowest BCUT2D eigenvalue weighted by molar-refractivity contribution is -0.117. The maximum absolute atomic E-state index is 12.2. The van der Waals surface area contributed by atoms with Crippen molar-refractivity contribution < 1.29 is 4.79 Å². The molecule has 0 aromatic rings. The Morgan fingerprint density at radius 3 is 3.25 bits per heavy atom. The molecule has 0 aromatic heterocycles. The molecular weight excluding hydrogens is 294 g/mol. The van der Waals surface area contributed by atoms with Crippen LogP contribution in [0.2, 0.25) is 0 Å². The molecule has 6 heteroatoms. The molecule has 20 heavy (non-hydrogen) atoms. The van der Waals surface area contributed by atoms with E-state index in [1.54, 1.807) is 16.2 Å². The van der Waals surface area contributed by atoms with E-state index in [1.165, 1.54) is 0 Å². The predicted molar refractivity (Wildman–Crippen MR) is 83.0 cm³/mol. The van der Waals surface area contributed by atoms with Crippen LogP contribution in [0.25, 0.3) is 0 Å². The standard InChI is InChI=1S/C14H16ClN3OS/c15-18-8-4-11-10(13(19)17-7-6-16)9-20-14(11)5-2-1-3-12(14)18/h1-4,9H,5-8,16H2,(H,17,19). The summed E-state index contributed by atoms with van der Waals surface area (Å²) in [7, 11) is 0. The molecule has 0 saturated heterocycles. The van der Waals surface area contributed by atoms with Crippen LogP contribution in [0.4, 0.5) is 0 Å². The monoisotopic (exact) mass is 309 g/mol.